The Morgan fingerprint density at radius 3 is 2.39 bits per heavy atom. The fourth-order valence-electron chi connectivity index (χ4n) is 4.00. The third-order valence-electron chi connectivity index (χ3n) is 5.80. The van der Waals surface area contributed by atoms with Crippen molar-refractivity contribution in [3.05, 3.63) is 82.1 Å². The topological polar surface area (TPSA) is 80.8 Å². The summed E-state index contributed by atoms with van der Waals surface area (Å²) in [6.07, 6.45) is -3.34. The molecule has 0 saturated carbocycles. The molecule has 0 fully saturated rings. The molecular formula is C25H21ClF3N3O4. The van der Waals surface area contributed by atoms with Crippen LogP contribution in [0.15, 0.2) is 54.7 Å². The normalized spacial score (nSPS) is 15.2. The number of methoxy groups -OCH3 is 2. The molecule has 2 aromatic carbocycles. The smallest absolute Gasteiger partial charge is 0.433 e. The van der Waals surface area contributed by atoms with Crippen molar-refractivity contribution in [2.24, 2.45) is 0 Å². The second-order valence-electron chi connectivity index (χ2n) is 7.97. The second kappa shape index (κ2) is 10.1. The van der Waals surface area contributed by atoms with Crippen LogP contribution >= 0.6 is 11.6 Å². The Labute approximate surface area is 209 Å². The van der Waals surface area contributed by atoms with E-state index in [9.17, 15) is 22.8 Å². The van der Waals surface area contributed by atoms with Crippen molar-refractivity contribution < 1.29 is 32.2 Å². The second-order valence-corrected chi connectivity index (χ2v) is 8.41. The van der Waals surface area contributed by atoms with E-state index in [0.717, 1.165) is 18.3 Å². The molecule has 0 radical (unpaired) electrons. The summed E-state index contributed by atoms with van der Waals surface area (Å²) in [4.78, 5) is 31.1. The quantitative estimate of drug-likeness (QED) is 0.495. The van der Waals surface area contributed by atoms with E-state index in [1.165, 1.54) is 14.2 Å². The maximum atomic E-state index is 13.4. The van der Waals surface area contributed by atoms with Crippen molar-refractivity contribution in [3.63, 3.8) is 0 Å². The maximum Gasteiger partial charge on any atom is 0.433 e. The highest BCUT2D eigenvalue weighted by molar-refractivity contribution is 6.31. The molecule has 1 aromatic heterocycles. The van der Waals surface area contributed by atoms with Crippen LogP contribution in [0.3, 0.4) is 0 Å². The molecule has 2 amide bonds. The first-order valence-electron chi connectivity index (χ1n) is 10.8. The number of aromatic nitrogens is 1. The number of carbonyl (C=O) groups is 2. The number of nitrogens with one attached hydrogen (secondary N) is 1. The monoisotopic (exact) mass is 519 g/mol. The highest BCUT2D eigenvalue weighted by atomic mass is 35.5. The minimum absolute atomic E-state index is 0.0117. The number of carbonyl (C=O) groups excluding carboxylic acids is 2. The molecule has 0 bridgehead atoms. The lowest BCUT2D eigenvalue weighted by Gasteiger charge is -2.35. The molecule has 1 unspecified atom stereocenters. The number of nitrogens with zero attached hydrogens (tertiary/aromatic N) is 2. The number of anilines is 1. The van der Waals surface area contributed by atoms with Crippen LogP contribution in [0.25, 0.3) is 0 Å². The minimum atomic E-state index is -4.60. The predicted octanol–water partition coefficient (Wildman–Crippen LogP) is 5.29. The molecule has 36 heavy (non-hydrogen) atoms. The molecule has 3 aromatic rings. The zero-order chi connectivity index (χ0) is 26.0. The number of fused-ring (bicyclic) bond motifs is 1. The molecule has 1 aliphatic rings. The number of benzene rings is 2. The number of hydrogen-bond acceptors (Lipinski definition) is 5. The Balaban J connectivity index is 1.59. The molecular weight excluding hydrogens is 499 g/mol. The van der Waals surface area contributed by atoms with Gasteiger partial charge in [0.05, 0.1) is 31.5 Å². The summed E-state index contributed by atoms with van der Waals surface area (Å²) in [5.74, 6) is 0.0108. The van der Waals surface area contributed by atoms with Crippen molar-refractivity contribution in [1.82, 2.24) is 10.3 Å². The molecule has 0 aliphatic carbocycles. The lowest BCUT2D eigenvalue weighted by atomic mass is 9.95. The van der Waals surface area contributed by atoms with Crippen LogP contribution in [0.2, 0.25) is 5.02 Å². The van der Waals surface area contributed by atoms with Crippen molar-refractivity contribution in [2.75, 3.05) is 25.7 Å². The molecule has 4 rings (SSSR count). The van der Waals surface area contributed by atoms with Gasteiger partial charge in [0, 0.05) is 23.3 Å². The SMILES string of the molecule is COc1ccc(C(=O)N2CCC(NC(=O)c3ccc(C(F)(F)F)nc3)c3ccc(Cl)cc32)cc1OC. The van der Waals surface area contributed by atoms with E-state index < -0.39 is 23.8 Å². The van der Waals surface area contributed by atoms with Gasteiger partial charge in [-0.05, 0) is 54.4 Å². The summed E-state index contributed by atoms with van der Waals surface area (Å²) in [5.41, 5.74) is 0.442. The van der Waals surface area contributed by atoms with Gasteiger partial charge in [0.15, 0.2) is 11.5 Å². The van der Waals surface area contributed by atoms with Crippen molar-refractivity contribution >= 4 is 29.1 Å². The number of halogens is 4. The Morgan fingerprint density at radius 2 is 1.75 bits per heavy atom. The lowest BCUT2D eigenvalue weighted by Crippen LogP contribution is -2.41. The fourth-order valence-corrected chi connectivity index (χ4v) is 4.17. The molecule has 7 nitrogen and oxygen atoms in total. The summed E-state index contributed by atoms with van der Waals surface area (Å²) in [6.45, 7) is 0.261. The number of amides is 2. The van der Waals surface area contributed by atoms with E-state index in [2.05, 4.69) is 10.3 Å². The number of rotatable bonds is 5. The number of hydrogen-bond donors (Lipinski definition) is 1. The Kier molecular flexibility index (Phi) is 7.07. The lowest BCUT2D eigenvalue weighted by molar-refractivity contribution is -0.141. The molecule has 11 heteroatoms. The van der Waals surface area contributed by atoms with E-state index >= 15 is 0 Å². The van der Waals surface area contributed by atoms with Gasteiger partial charge in [-0.3, -0.25) is 14.6 Å². The van der Waals surface area contributed by atoms with Gasteiger partial charge in [0.25, 0.3) is 11.8 Å². The first-order chi connectivity index (χ1) is 17.1. The molecule has 1 N–H and O–H groups in total. The summed E-state index contributed by atoms with van der Waals surface area (Å²) in [5, 5.41) is 3.22. The maximum absolute atomic E-state index is 13.4. The van der Waals surface area contributed by atoms with Crippen molar-refractivity contribution in [1.29, 1.82) is 0 Å². The standard InChI is InChI=1S/C25H21ClF3N3O4/c1-35-20-7-3-14(11-21(20)36-2)24(34)32-10-9-18(17-6-5-16(26)12-19(17)32)31-23(33)15-4-8-22(30-13-15)25(27,28)29/h3-8,11-13,18H,9-10H2,1-2H3,(H,31,33). The Hall–Kier alpha value is -3.79. The van der Waals surface area contributed by atoms with Gasteiger partial charge in [0.1, 0.15) is 5.69 Å². The van der Waals surface area contributed by atoms with E-state index in [1.807, 2.05) is 0 Å². The van der Waals surface area contributed by atoms with Gasteiger partial charge in [-0.1, -0.05) is 17.7 Å². The van der Waals surface area contributed by atoms with Crippen LogP contribution in [-0.2, 0) is 6.18 Å². The Morgan fingerprint density at radius 1 is 1.03 bits per heavy atom. The third-order valence-corrected chi connectivity index (χ3v) is 6.03. The van der Waals surface area contributed by atoms with Crippen molar-refractivity contribution in [2.45, 2.75) is 18.6 Å². The number of ether oxygens (including phenoxy) is 2. The predicted molar refractivity (Wildman–Crippen MR) is 127 cm³/mol. The molecule has 2 heterocycles. The number of alkyl halides is 3. The average Bonchev–Trinajstić information content (AvgIpc) is 2.87. The zero-order valence-electron chi connectivity index (χ0n) is 19.2. The van der Waals surface area contributed by atoms with Crippen LogP contribution in [-0.4, -0.2) is 37.6 Å². The van der Waals surface area contributed by atoms with Gasteiger partial charge < -0.3 is 19.7 Å². The minimum Gasteiger partial charge on any atom is -0.493 e. The third kappa shape index (κ3) is 5.08. The first kappa shape index (κ1) is 25.3. The van der Waals surface area contributed by atoms with Gasteiger partial charge >= 0.3 is 6.18 Å². The molecule has 0 spiro atoms. The van der Waals surface area contributed by atoms with Gasteiger partial charge in [-0.25, -0.2) is 0 Å². The summed E-state index contributed by atoms with van der Waals surface area (Å²) in [7, 11) is 2.97. The van der Waals surface area contributed by atoms with E-state index in [-0.39, 0.29) is 18.0 Å². The van der Waals surface area contributed by atoms with Crippen LogP contribution in [0, 0.1) is 0 Å². The van der Waals surface area contributed by atoms with Crippen LogP contribution in [0.4, 0.5) is 18.9 Å². The first-order valence-corrected chi connectivity index (χ1v) is 11.2. The van der Waals surface area contributed by atoms with E-state index in [4.69, 9.17) is 21.1 Å². The van der Waals surface area contributed by atoms with Crippen LogP contribution in [0.1, 0.15) is 44.4 Å². The average molecular weight is 520 g/mol. The molecule has 1 atom stereocenters. The largest absolute Gasteiger partial charge is 0.493 e. The van der Waals surface area contributed by atoms with E-state index in [1.54, 1.807) is 41.3 Å². The Bertz CT molecular complexity index is 1300. The summed E-state index contributed by atoms with van der Waals surface area (Å²) >= 11 is 6.22. The van der Waals surface area contributed by atoms with Crippen molar-refractivity contribution in [3.8, 4) is 11.5 Å². The van der Waals surface area contributed by atoms with Gasteiger partial charge in [-0.15, -0.1) is 0 Å². The van der Waals surface area contributed by atoms with E-state index in [0.29, 0.717) is 39.8 Å². The van der Waals surface area contributed by atoms with Crippen LogP contribution in [0.5, 0.6) is 11.5 Å². The van der Waals surface area contributed by atoms with Gasteiger partial charge in [-0.2, -0.15) is 13.2 Å². The molecule has 0 saturated heterocycles. The summed E-state index contributed by atoms with van der Waals surface area (Å²) in [6, 6.07) is 11.2. The number of pyridine rings is 1. The van der Waals surface area contributed by atoms with Gasteiger partial charge in [0.2, 0.25) is 0 Å². The molecule has 1 aliphatic heterocycles. The van der Waals surface area contributed by atoms with Crippen LogP contribution < -0.4 is 19.7 Å². The highest BCUT2D eigenvalue weighted by Crippen LogP contribution is 2.38. The fraction of sp³-hybridized carbons (Fsp3) is 0.240. The summed E-state index contributed by atoms with van der Waals surface area (Å²) < 4.78 is 48.9. The highest BCUT2D eigenvalue weighted by Gasteiger charge is 2.33. The zero-order valence-corrected chi connectivity index (χ0v) is 20.0. The molecule has 188 valence electrons.